The summed E-state index contributed by atoms with van der Waals surface area (Å²) in [6, 6.07) is 5.16. The molecule has 1 aliphatic carbocycles. The van der Waals surface area contributed by atoms with Crippen LogP contribution in [0.25, 0.3) is 0 Å². The summed E-state index contributed by atoms with van der Waals surface area (Å²) < 4.78 is 5.80. The number of ketones is 1. The van der Waals surface area contributed by atoms with Gasteiger partial charge in [0.25, 0.3) is 0 Å². The molecule has 9 heteroatoms. The van der Waals surface area contributed by atoms with Gasteiger partial charge in [0.1, 0.15) is 18.8 Å². The van der Waals surface area contributed by atoms with Crippen molar-refractivity contribution in [2.75, 3.05) is 57.8 Å². The van der Waals surface area contributed by atoms with Crippen molar-refractivity contribution in [1.29, 1.82) is 0 Å². The van der Waals surface area contributed by atoms with Crippen molar-refractivity contribution in [3.05, 3.63) is 29.3 Å². The van der Waals surface area contributed by atoms with Crippen molar-refractivity contribution in [2.45, 2.75) is 69.6 Å². The Morgan fingerprint density at radius 3 is 2.53 bits per heavy atom. The number of Topliss-reactive ketones (excluding diaryl/α,β-unsaturated/α-hetero) is 1. The first-order valence-electron chi connectivity index (χ1n) is 14.5. The number of rotatable bonds is 8. The Bertz CT molecular complexity index is 1030. The molecule has 3 aliphatic heterocycles. The van der Waals surface area contributed by atoms with Crippen LogP contribution in [-0.4, -0.2) is 98.5 Å². The van der Waals surface area contributed by atoms with Gasteiger partial charge in [-0.3, -0.25) is 19.3 Å². The maximum Gasteiger partial charge on any atom is 0.249 e. The Balaban J connectivity index is 1.50. The highest BCUT2D eigenvalue weighted by Gasteiger charge is 2.53. The van der Waals surface area contributed by atoms with Gasteiger partial charge in [0.2, 0.25) is 11.8 Å². The molecule has 0 spiro atoms. The second kappa shape index (κ2) is 11.7. The molecule has 9 nitrogen and oxygen atoms in total. The SMILES string of the molecule is CCCN1CCN(c2ccc(C(N)=O)c([C@@H](C(=O)N3C[C@H](NC)[C@H]4OCC(=O)[C@H]43)C3CCCCC3)c2)CC1. The molecule has 208 valence electrons. The molecule has 0 radical (unpaired) electrons. The summed E-state index contributed by atoms with van der Waals surface area (Å²) in [5.74, 6) is -1.03. The van der Waals surface area contributed by atoms with E-state index in [9.17, 15) is 14.4 Å². The number of nitrogens with zero attached hydrogens (tertiary/aromatic N) is 3. The third-order valence-electron chi connectivity index (χ3n) is 9.14. The lowest BCUT2D eigenvalue weighted by Gasteiger charge is -2.37. The van der Waals surface area contributed by atoms with Crippen LogP contribution >= 0.6 is 0 Å². The van der Waals surface area contributed by atoms with E-state index >= 15 is 0 Å². The minimum absolute atomic E-state index is 0.0391. The highest BCUT2D eigenvalue weighted by Crippen LogP contribution is 2.42. The van der Waals surface area contributed by atoms with E-state index in [0.29, 0.717) is 12.1 Å². The molecule has 5 rings (SSSR count). The number of hydrogen-bond acceptors (Lipinski definition) is 7. The normalized spacial score (nSPS) is 27.5. The first-order valence-corrected chi connectivity index (χ1v) is 14.5. The molecule has 38 heavy (non-hydrogen) atoms. The van der Waals surface area contributed by atoms with Gasteiger partial charge in [0, 0.05) is 44.0 Å². The molecule has 2 amide bonds. The standard InChI is InChI=1S/C29H43N5O4/c1-3-11-32-12-14-33(15-13-32)20-9-10-21(28(30)36)22(16-20)25(19-7-5-4-6-8-19)29(37)34-17-23(31-2)27-26(34)24(35)18-38-27/h9-10,16,19,23,25-27,31H,3-8,11-15,17-18H2,1-2H3,(H2,30,36)/t23-,25-,26+,27+/m0/s1. The number of carbonyl (C=O) groups excluding carboxylic acids is 3. The first-order chi connectivity index (χ1) is 18.4. The van der Waals surface area contributed by atoms with E-state index in [-0.39, 0.29) is 36.4 Å². The van der Waals surface area contributed by atoms with E-state index < -0.39 is 17.9 Å². The van der Waals surface area contributed by atoms with Crippen molar-refractivity contribution in [2.24, 2.45) is 11.7 Å². The topological polar surface area (TPSA) is 108 Å². The minimum Gasteiger partial charge on any atom is -0.369 e. The first kappa shape index (κ1) is 27.1. The van der Waals surface area contributed by atoms with Gasteiger partial charge in [-0.25, -0.2) is 0 Å². The van der Waals surface area contributed by atoms with Crippen LogP contribution in [0.1, 0.15) is 67.3 Å². The Hall–Kier alpha value is -2.49. The minimum atomic E-state index is -0.571. The summed E-state index contributed by atoms with van der Waals surface area (Å²) >= 11 is 0. The zero-order valence-corrected chi connectivity index (χ0v) is 22.9. The summed E-state index contributed by atoms with van der Waals surface area (Å²) in [4.78, 5) is 46.6. The highest BCUT2D eigenvalue weighted by atomic mass is 16.5. The third-order valence-corrected chi connectivity index (χ3v) is 9.14. The van der Waals surface area contributed by atoms with E-state index in [0.717, 1.165) is 82.5 Å². The predicted octanol–water partition coefficient (Wildman–Crippen LogP) is 1.75. The van der Waals surface area contributed by atoms with Crippen LogP contribution < -0.4 is 16.0 Å². The van der Waals surface area contributed by atoms with Gasteiger partial charge in [-0.1, -0.05) is 26.2 Å². The van der Waals surface area contributed by atoms with E-state index in [4.69, 9.17) is 10.5 Å². The quantitative estimate of drug-likeness (QED) is 0.532. The number of carbonyl (C=O) groups is 3. The van der Waals surface area contributed by atoms with Gasteiger partial charge in [0.15, 0.2) is 5.78 Å². The van der Waals surface area contributed by atoms with Gasteiger partial charge < -0.3 is 25.6 Å². The number of anilines is 1. The molecule has 1 aromatic rings. The monoisotopic (exact) mass is 525 g/mol. The lowest BCUT2D eigenvalue weighted by Crippen LogP contribution is -2.47. The number of likely N-dealkylation sites (tertiary alicyclic amines) is 1. The molecule has 3 heterocycles. The number of nitrogens with one attached hydrogen (secondary N) is 1. The molecular formula is C29H43N5O4. The lowest BCUT2D eigenvalue weighted by atomic mass is 9.74. The zero-order chi connectivity index (χ0) is 26.8. The Kier molecular flexibility index (Phi) is 8.35. The van der Waals surface area contributed by atoms with E-state index in [1.165, 1.54) is 0 Å². The van der Waals surface area contributed by atoms with Gasteiger partial charge in [-0.15, -0.1) is 0 Å². The zero-order valence-electron chi connectivity index (χ0n) is 22.9. The van der Waals surface area contributed by atoms with Crippen molar-refractivity contribution in [1.82, 2.24) is 15.1 Å². The van der Waals surface area contributed by atoms with Gasteiger partial charge in [-0.05, 0) is 62.5 Å². The fraction of sp³-hybridized carbons (Fsp3) is 0.690. The maximum absolute atomic E-state index is 14.5. The van der Waals surface area contributed by atoms with Crippen molar-refractivity contribution < 1.29 is 19.1 Å². The molecule has 4 aliphatic rings. The third kappa shape index (κ3) is 5.20. The number of piperazine rings is 1. The number of ether oxygens (including phenoxy) is 1. The Morgan fingerprint density at radius 1 is 1.13 bits per heavy atom. The summed E-state index contributed by atoms with van der Waals surface area (Å²) in [7, 11) is 1.84. The molecule has 3 N–H and O–H groups in total. The van der Waals surface area contributed by atoms with Crippen LogP contribution in [0.4, 0.5) is 5.69 Å². The summed E-state index contributed by atoms with van der Waals surface area (Å²) in [6.07, 6.45) is 5.95. The predicted molar refractivity (Wildman–Crippen MR) is 146 cm³/mol. The second-order valence-corrected chi connectivity index (χ2v) is 11.4. The van der Waals surface area contributed by atoms with Gasteiger partial charge >= 0.3 is 0 Å². The molecule has 3 saturated heterocycles. The van der Waals surface area contributed by atoms with Crippen molar-refractivity contribution >= 4 is 23.3 Å². The number of amides is 2. The van der Waals surface area contributed by atoms with Crippen LogP contribution in [0.5, 0.6) is 0 Å². The molecule has 4 fully saturated rings. The fourth-order valence-corrected chi connectivity index (χ4v) is 7.15. The molecule has 1 aromatic carbocycles. The summed E-state index contributed by atoms with van der Waals surface area (Å²) in [6.45, 7) is 7.57. The molecule has 1 saturated carbocycles. The Morgan fingerprint density at radius 2 is 1.87 bits per heavy atom. The summed E-state index contributed by atoms with van der Waals surface area (Å²) in [5, 5.41) is 3.24. The molecule has 0 aromatic heterocycles. The maximum atomic E-state index is 14.5. The molecule has 0 bridgehead atoms. The fourth-order valence-electron chi connectivity index (χ4n) is 7.15. The van der Waals surface area contributed by atoms with E-state index in [2.05, 4.69) is 22.0 Å². The van der Waals surface area contributed by atoms with Crippen LogP contribution in [-0.2, 0) is 14.3 Å². The van der Waals surface area contributed by atoms with Crippen LogP contribution in [0.15, 0.2) is 18.2 Å². The van der Waals surface area contributed by atoms with Gasteiger partial charge in [0.05, 0.1) is 12.0 Å². The van der Waals surface area contributed by atoms with E-state index in [1.807, 2.05) is 25.2 Å². The largest absolute Gasteiger partial charge is 0.369 e. The summed E-state index contributed by atoms with van der Waals surface area (Å²) in [5.41, 5.74) is 8.06. The lowest BCUT2D eigenvalue weighted by molar-refractivity contribution is -0.139. The van der Waals surface area contributed by atoms with E-state index in [1.54, 1.807) is 4.90 Å². The average molecular weight is 526 g/mol. The second-order valence-electron chi connectivity index (χ2n) is 11.4. The Labute approximate surface area is 226 Å². The highest BCUT2D eigenvalue weighted by molar-refractivity contribution is 5.99. The number of primary amides is 1. The number of benzene rings is 1. The number of likely N-dealkylation sites (N-methyl/N-ethyl adjacent to an activating group) is 1. The molecular weight excluding hydrogens is 482 g/mol. The van der Waals surface area contributed by atoms with Crippen LogP contribution in [0.2, 0.25) is 0 Å². The number of nitrogens with two attached hydrogens (primary N) is 1. The van der Waals surface area contributed by atoms with Crippen molar-refractivity contribution in [3.63, 3.8) is 0 Å². The van der Waals surface area contributed by atoms with Crippen LogP contribution in [0, 0.1) is 5.92 Å². The van der Waals surface area contributed by atoms with Gasteiger partial charge in [-0.2, -0.15) is 0 Å². The average Bonchev–Trinajstić information content (AvgIpc) is 3.50. The van der Waals surface area contributed by atoms with Crippen molar-refractivity contribution in [3.8, 4) is 0 Å². The number of hydrogen-bond donors (Lipinski definition) is 2. The van der Waals surface area contributed by atoms with Crippen LogP contribution in [0.3, 0.4) is 0 Å². The molecule has 0 unspecified atom stereocenters. The number of fused-ring (bicyclic) bond motifs is 1. The molecule has 4 atom stereocenters. The smallest absolute Gasteiger partial charge is 0.249 e.